The minimum Gasteiger partial charge on any atom is -0.487 e. The van der Waals surface area contributed by atoms with Crippen LogP contribution < -0.4 is 14.8 Å². The van der Waals surface area contributed by atoms with E-state index in [1.165, 1.54) is 6.92 Å². The Morgan fingerprint density at radius 3 is 2.62 bits per heavy atom. The molecule has 1 saturated carbocycles. The lowest BCUT2D eigenvalue weighted by atomic mass is 9.85. The first-order valence-electron chi connectivity index (χ1n) is 18.0. The van der Waals surface area contributed by atoms with Crippen LogP contribution in [0.2, 0.25) is 0 Å². The Balaban J connectivity index is 1.34. The molecule has 2 fully saturated rings. The van der Waals surface area contributed by atoms with Gasteiger partial charge in [0, 0.05) is 24.4 Å². The Morgan fingerprint density at radius 2 is 1.88 bits per heavy atom. The van der Waals surface area contributed by atoms with Crippen molar-refractivity contribution in [2.75, 3.05) is 6.54 Å². The predicted molar refractivity (Wildman–Crippen MR) is 186 cm³/mol. The summed E-state index contributed by atoms with van der Waals surface area (Å²) in [5, 5.41) is 2.92. The van der Waals surface area contributed by atoms with Gasteiger partial charge < -0.3 is 24.4 Å². The third-order valence-corrected chi connectivity index (χ3v) is 10.7. The Morgan fingerprint density at radius 1 is 1.08 bits per heavy atom. The maximum Gasteiger partial charge on any atom is 0.408 e. The van der Waals surface area contributed by atoms with Crippen molar-refractivity contribution >= 4 is 28.8 Å². The third-order valence-electron chi connectivity index (χ3n) is 10.7. The number of amides is 2. The Bertz CT molecular complexity index is 1710. The van der Waals surface area contributed by atoms with Crippen molar-refractivity contribution in [3.8, 4) is 11.6 Å². The summed E-state index contributed by atoms with van der Waals surface area (Å²) in [5.74, 6) is 0.429. The Hall–Kier alpha value is -4.35. The van der Waals surface area contributed by atoms with Crippen LogP contribution in [-0.2, 0) is 27.4 Å². The standard InChI is InChI=1S/C38H50N6O6/c1-23-31-21-44(32(23)24(2)45)35(46)33(37(3,4)5)43-36(47)50-38(6)16-10-12-25(38)11-8-7-9-13-29-34(49-31)42-30-19-27(14-15-28(30)41-29)48-22-26-20-39-17-18-40-26/h14-15,17-20,23,25,31-33H,7-13,16,21-22H2,1-6H3,(H,43,47)/t23-,25-,31+,32+,33-,38-/m1/s1. The summed E-state index contributed by atoms with van der Waals surface area (Å²) in [6.07, 6.45) is 11.0. The van der Waals surface area contributed by atoms with Gasteiger partial charge in [-0.3, -0.25) is 19.6 Å². The predicted octanol–water partition coefficient (Wildman–Crippen LogP) is 6.00. The molecule has 0 spiro atoms. The van der Waals surface area contributed by atoms with Crippen LogP contribution in [0.3, 0.4) is 0 Å². The van der Waals surface area contributed by atoms with E-state index in [9.17, 15) is 14.4 Å². The molecule has 1 N–H and O–H groups in total. The molecule has 2 aliphatic heterocycles. The van der Waals surface area contributed by atoms with Gasteiger partial charge in [0.15, 0.2) is 5.78 Å². The van der Waals surface area contributed by atoms with E-state index >= 15 is 0 Å². The second kappa shape index (κ2) is 14.5. The molecule has 6 rings (SSSR count). The summed E-state index contributed by atoms with van der Waals surface area (Å²) in [6.45, 7) is 11.6. The molecule has 2 bridgehead atoms. The van der Waals surface area contributed by atoms with E-state index in [1.807, 2.05) is 52.8 Å². The van der Waals surface area contributed by atoms with Gasteiger partial charge in [-0.15, -0.1) is 0 Å². The van der Waals surface area contributed by atoms with Crippen molar-refractivity contribution < 1.29 is 28.6 Å². The van der Waals surface area contributed by atoms with E-state index in [2.05, 4.69) is 15.3 Å². The summed E-state index contributed by atoms with van der Waals surface area (Å²) in [7, 11) is 0. The van der Waals surface area contributed by atoms with Crippen LogP contribution in [0, 0.1) is 17.3 Å². The topological polar surface area (TPSA) is 146 Å². The molecular formula is C38H50N6O6. The van der Waals surface area contributed by atoms with Crippen molar-refractivity contribution in [1.29, 1.82) is 0 Å². The number of Topliss-reactive ketones (excluding diaryl/α,β-unsaturated/α-hetero) is 1. The summed E-state index contributed by atoms with van der Waals surface area (Å²) < 4.78 is 18.8. The number of fused-ring (bicyclic) bond motifs is 5. The molecule has 2 amide bonds. The maximum absolute atomic E-state index is 14.4. The minimum absolute atomic E-state index is 0.144. The maximum atomic E-state index is 14.4. The number of alkyl carbamates (subject to hydrolysis) is 1. The van der Waals surface area contributed by atoms with E-state index in [0.29, 0.717) is 29.3 Å². The number of hydrogen-bond donors (Lipinski definition) is 1. The Labute approximate surface area is 294 Å². The highest BCUT2D eigenvalue weighted by Gasteiger charge is 2.50. The average Bonchev–Trinajstić information content (AvgIpc) is 3.59. The molecule has 1 saturated heterocycles. The fourth-order valence-electron chi connectivity index (χ4n) is 7.86. The summed E-state index contributed by atoms with van der Waals surface area (Å²) in [5.41, 5.74) is 1.54. The molecule has 0 radical (unpaired) electrons. The Kier molecular flexibility index (Phi) is 10.3. The molecule has 3 aliphatic rings. The lowest BCUT2D eigenvalue weighted by Crippen LogP contribution is -2.57. The number of aromatic nitrogens is 4. The van der Waals surface area contributed by atoms with Crippen LogP contribution >= 0.6 is 0 Å². The van der Waals surface area contributed by atoms with Gasteiger partial charge in [0.1, 0.15) is 35.8 Å². The van der Waals surface area contributed by atoms with Crippen molar-refractivity contribution in [3.63, 3.8) is 0 Å². The highest BCUT2D eigenvalue weighted by molar-refractivity contribution is 5.92. The molecule has 1 aromatic carbocycles. The quantitative estimate of drug-likeness (QED) is 0.347. The molecule has 50 heavy (non-hydrogen) atoms. The molecule has 268 valence electrons. The smallest absolute Gasteiger partial charge is 0.408 e. The zero-order chi connectivity index (χ0) is 35.6. The number of hydrogen-bond acceptors (Lipinski definition) is 10. The SMILES string of the molecule is CC(=O)[C@@H]1[C@H](C)[C@@H]2CN1C(=O)[C@H](C(C)(C)C)NC(=O)O[C@]1(C)CCC[C@H]1CCCCCc1nc3ccc(OCc4cnccn4)cc3nc1O2. The van der Waals surface area contributed by atoms with E-state index < -0.39 is 35.3 Å². The number of rotatable bonds is 4. The van der Waals surface area contributed by atoms with Gasteiger partial charge in [-0.1, -0.05) is 40.5 Å². The molecular weight excluding hydrogens is 636 g/mol. The molecule has 12 nitrogen and oxygen atoms in total. The second-order valence-corrected chi connectivity index (χ2v) is 15.5. The van der Waals surface area contributed by atoms with Crippen LogP contribution in [0.5, 0.6) is 11.6 Å². The summed E-state index contributed by atoms with van der Waals surface area (Å²) in [4.78, 5) is 60.9. The van der Waals surface area contributed by atoms with Gasteiger partial charge in [-0.2, -0.15) is 0 Å². The molecule has 4 heterocycles. The highest BCUT2D eigenvalue weighted by Crippen LogP contribution is 2.42. The van der Waals surface area contributed by atoms with Crippen molar-refractivity contribution in [3.05, 3.63) is 48.2 Å². The first kappa shape index (κ1) is 35.5. The molecule has 12 heteroatoms. The van der Waals surface area contributed by atoms with E-state index in [-0.39, 0.29) is 36.7 Å². The lowest BCUT2D eigenvalue weighted by Gasteiger charge is -2.37. The van der Waals surface area contributed by atoms with Gasteiger partial charge in [-0.25, -0.2) is 14.8 Å². The summed E-state index contributed by atoms with van der Waals surface area (Å²) in [6, 6.07) is 3.95. The zero-order valence-electron chi connectivity index (χ0n) is 30.1. The fraction of sp³-hybridized carbons (Fsp3) is 0.605. The lowest BCUT2D eigenvalue weighted by molar-refractivity contribution is -0.141. The zero-order valence-corrected chi connectivity index (χ0v) is 30.1. The van der Waals surface area contributed by atoms with Gasteiger partial charge >= 0.3 is 6.09 Å². The van der Waals surface area contributed by atoms with Gasteiger partial charge in [0.05, 0.1) is 35.5 Å². The van der Waals surface area contributed by atoms with Crippen LogP contribution in [0.4, 0.5) is 4.79 Å². The third kappa shape index (κ3) is 7.68. The van der Waals surface area contributed by atoms with E-state index in [1.54, 1.807) is 23.5 Å². The first-order chi connectivity index (χ1) is 23.8. The number of benzene rings is 1. The van der Waals surface area contributed by atoms with Crippen LogP contribution in [0.15, 0.2) is 36.8 Å². The van der Waals surface area contributed by atoms with Gasteiger partial charge in [0.2, 0.25) is 11.8 Å². The van der Waals surface area contributed by atoms with Crippen molar-refractivity contribution in [1.82, 2.24) is 30.2 Å². The number of carbonyl (C=O) groups excluding carboxylic acids is 3. The molecule has 2 aromatic heterocycles. The second-order valence-electron chi connectivity index (χ2n) is 15.5. The normalized spacial score (nSPS) is 28.0. The molecule has 0 unspecified atom stereocenters. The molecule has 3 aromatic rings. The van der Waals surface area contributed by atoms with Crippen LogP contribution in [0.25, 0.3) is 11.0 Å². The number of carbonyl (C=O) groups is 3. The first-order valence-corrected chi connectivity index (χ1v) is 18.0. The fourth-order valence-corrected chi connectivity index (χ4v) is 7.86. The monoisotopic (exact) mass is 686 g/mol. The van der Waals surface area contributed by atoms with Gasteiger partial charge in [0.25, 0.3) is 0 Å². The number of ether oxygens (including phenoxy) is 3. The largest absolute Gasteiger partial charge is 0.487 e. The number of nitrogens with zero attached hydrogens (tertiary/aromatic N) is 5. The van der Waals surface area contributed by atoms with Crippen molar-refractivity contribution in [2.24, 2.45) is 17.3 Å². The van der Waals surface area contributed by atoms with Gasteiger partial charge in [-0.05, 0) is 75.8 Å². The minimum atomic E-state index is -0.915. The molecule has 1 aliphatic carbocycles. The molecule has 6 atom stereocenters. The average molecular weight is 687 g/mol. The highest BCUT2D eigenvalue weighted by atomic mass is 16.6. The number of ketones is 1. The van der Waals surface area contributed by atoms with Crippen LogP contribution in [0.1, 0.15) is 97.9 Å². The van der Waals surface area contributed by atoms with Crippen molar-refractivity contribution in [2.45, 2.75) is 123 Å². The number of aryl methyl sites for hydroxylation is 1. The van der Waals surface area contributed by atoms with Crippen LogP contribution in [-0.4, -0.2) is 73.0 Å². The van der Waals surface area contributed by atoms with E-state index in [0.717, 1.165) is 56.2 Å². The summed E-state index contributed by atoms with van der Waals surface area (Å²) >= 11 is 0. The number of nitrogens with one attached hydrogen (secondary N) is 1. The van der Waals surface area contributed by atoms with E-state index in [4.69, 9.17) is 24.2 Å².